The summed E-state index contributed by atoms with van der Waals surface area (Å²) >= 11 is 3.31. The van der Waals surface area contributed by atoms with Gasteiger partial charge >= 0.3 is 0 Å². The second-order valence-electron chi connectivity index (χ2n) is 3.46. The van der Waals surface area contributed by atoms with E-state index in [1.54, 1.807) is 12.3 Å². The molecule has 0 aliphatic rings. The van der Waals surface area contributed by atoms with Crippen LogP contribution in [0.3, 0.4) is 0 Å². The summed E-state index contributed by atoms with van der Waals surface area (Å²) in [4.78, 5) is 4.11. The maximum absolute atomic E-state index is 5.84. The van der Waals surface area contributed by atoms with Crippen LogP contribution in [-0.2, 0) is 0 Å². The lowest BCUT2D eigenvalue weighted by molar-refractivity contribution is 0.465. The van der Waals surface area contributed by atoms with Crippen molar-refractivity contribution >= 4 is 21.6 Å². The molecule has 0 amide bonds. The van der Waals surface area contributed by atoms with E-state index in [0.29, 0.717) is 17.3 Å². The summed E-state index contributed by atoms with van der Waals surface area (Å²) in [6.07, 6.45) is 1.68. The van der Waals surface area contributed by atoms with Gasteiger partial charge in [-0.2, -0.15) is 0 Å². The van der Waals surface area contributed by atoms with E-state index < -0.39 is 0 Å². The number of pyridine rings is 1. The summed E-state index contributed by atoms with van der Waals surface area (Å²) in [7, 11) is 0. The molecule has 2 rings (SSSR count). The van der Waals surface area contributed by atoms with Crippen molar-refractivity contribution in [3.63, 3.8) is 0 Å². The van der Waals surface area contributed by atoms with Gasteiger partial charge < -0.3 is 10.5 Å². The van der Waals surface area contributed by atoms with Gasteiger partial charge in [0.1, 0.15) is 0 Å². The first-order valence-electron chi connectivity index (χ1n) is 4.81. The molecule has 0 aliphatic carbocycles. The van der Waals surface area contributed by atoms with E-state index in [9.17, 15) is 0 Å². The highest BCUT2D eigenvalue weighted by molar-refractivity contribution is 9.10. The third kappa shape index (κ3) is 2.52. The van der Waals surface area contributed by atoms with Crippen molar-refractivity contribution in [1.82, 2.24) is 4.98 Å². The normalized spacial score (nSPS) is 10.1. The molecule has 1 heterocycles. The summed E-state index contributed by atoms with van der Waals surface area (Å²) in [6.45, 7) is 1.98. The number of nitrogens with zero attached hydrogens (tertiary/aromatic N) is 1. The number of hydrogen-bond acceptors (Lipinski definition) is 3. The standard InChI is InChI=1S/C12H11BrN2O/c1-8-2-4-11(10(14)6-8)16-12-5-3-9(13)7-15-12/h2-7H,14H2,1H3. The zero-order valence-corrected chi connectivity index (χ0v) is 10.4. The number of nitrogens with two attached hydrogens (primary N) is 1. The third-order valence-corrected chi connectivity index (χ3v) is 2.55. The van der Waals surface area contributed by atoms with Crippen LogP contribution in [0.15, 0.2) is 41.0 Å². The molecular weight excluding hydrogens is 268 g/mol. The van der Waals surface area contributed by atoms with Gasteiger partial charge in [0.2, 0.25) is 5.88 Å². The van der Waals surface area contributed by atoms with Gasteiger partial charge in [0.15, 0.2) is 5.75 Å². The van der Waals surface area contributed by atoms with Crippen molar-refractivity contribution in [3.8, 4) is 11.6 Å². The Hall–Kier alpha value is -1.55. The Labute approximate surface area is 102 Å². The minimum Gasteiger partial charge on any atom is -0.437 e. The van der Waals surface area contributed by atoms with Crippen LogP contribution in [-0.4, -0.2) is 4.98 Å². The molecule has 0 spiro atoms. The quantitative estimate of drug-likeness (QED) is 0.855. The van der Waals surface area contributed by atoms with Gasteiger partial charge in [-0.05, 0) is 46.6 Å². The van der Waals surface area contributed by atoms with Gasteiger partial charge in [-0.3, -0.25) is 0 Å². The van der Waals surface area contributed by atoms with E-state index in [4.69, 9.17) is 10.5 Å². The van der Waals surface area contributed by atoms with Gasteiger partial charge in [-0.25, -0.2) is 4.98 Å². The first-order chi connectivity index (χ1) is 7.65. The predicted octanol–water partition coefficient (Wildman–Crippen LogP) is 3.53. The number of ether oxygens (including phenoxy) is 1. The maximum atomic E-state index is 5.84. The molecule has 0 aliphatic heterocycles. The van der Waals surface area contributed by atoms with Crippen molar-refractivity contribution in [2.45, 2.75) is 6.92 Å². The lowest BCUT2D eigenvalue weighted by atomic mass is 10.2. The summed E-state index contributed by atoms with van der Waals surface area (Å²) in [5, 5.41) is 0. The van der Waals surface area contributed by atoms with Crippen LogP contribution in [0.25, 0.3) is 0 Å². The number of anilines is 1. The van der Waals surface area contributed by atoms with E-state index in [1.807, 2.05) is 31.2 Å². The van der Waals surface area contributed by atoms with E-state index in [1.165, 1.54) is 0 Å². The van der Waals surface area contributed by atoms with Crippen molar-refractivity contribution in [1.29, 1.82) is 0 Å². The van der Waals surface area contributed by atoms with E-state index in [-0.39, 0.29) is 0 Å². The van der Waals surface area contributed by atoms with E-state index >= 15 is 0 Å². The average molecular weight is 279 g/mol. The number of halogens is 1. The van der Waals surface area contributed by atoms with Crippen LogP contribution in [0.4, 0.5) is 5.69 Å². The topological polar surface area (TPSA) is 48.1 Å². The fourth-order valence-corrected chi connectivity index (χ4v) is 1.53. The fourth-order valence-electron chi connectivity index (χ4n) is 1.30. The van der Waals surface area contributed by atoms with Gasteiger partial charge in [0.05, 0.1) is 5.69 Å². The molecule has 16 heavy (non-hydrogen) atoms. The van der Waals surface area contributed by atoms with Gasteiger partial charge in [0, 0.05) is 16.7 Å². The van der Waals surface area contributed by atoms with Gasteiger partial charge in [-0.15, -0.1) is 0 Å². The van der Waals surface area contributed by atoms with Crippen LogP contribution >= 0.6 is 15.9 Å². The Balaban J connectivity index is 2.23. The third-order valence-electron chi connectivity index (χ3n) is 2.08. The van der Waals surface area contributed by atoms with Crippen molar-refractivity contribution < 1.29 is 4.74 Å². The number of hydrogen-bond donors (Lipinski definition) is 1. The largest absolute Gasteiger partial charge is 0.437 e. The minimum absolute atomic E-state index is 0.527. The van der Waals surface area contributed by atoms with Crippen LogP contribution in [0.5, 0.6) is 11.6 Å². The zero-order valence-electron chi connectivity index (χ0n) is 8.77. The summed E-state index contributed by atoms with van der Waals surface area (Å²) in [6, 6.07) is 9.31. The fraction of sp³-hybridized carbons (Fsp3) is 0.0833. The zero-order chi connectivity index (χ0) is 11.5. The number of benzene rings is 1. The molecule has 0 saturated carbocycles. The second kappa shape index (κ2) is 4.53. The molecule has 0 radical (unpaired) electrons. The van der Waals surface area contributed by atoms with Crippen LogP contribution in [0.1, 0.15) is 5.56 Å². The van der Waals surface area contributed by atoms with E-state index in [0.717, 1.165) is 10.0 Å². The van der Waals surface area contributed by atoms with Crippen LogP contribution in [0, 0.1) is 6.92 Å². The monoisotopic (exact) mass is 278 g/mol. The molecule has 0 bridgehead atoms. The Bertz CT molecular complexity index is 497. The van der Waals surface area contributed by atoms with E-state index in [2.05, 4.69) is 20.9 Å². The first-order valence-corrected chi connectivity index (χ1v) is 5.60. The Morgan fingerprint density at radius 1 is 1.25 bits per heavy atom. The molecule has 82 valence electrons. The molecule has 1 aromatic carbocycles. The number of aromatic nitrogens is 1. The SMILES string of the molecule is Cc1ccc(Oc2ccc(Br)cn2)c(N)c1. The van der Waals surface area contributed by atoms with Gasteiger partial charge in [0.25, 0.3) is 0 Å². The second-order valence-corrected chi connectivity index (χ2v) is 4.37. The highest BCUT2D eigenvalue weighted by Crippen LogP contribution is 2.27. The van der Waals surface area contributed by atoms with Crippen molar-refractivity contribution in [3.05, 3.63) is 46.6 Å². The van der Waals surface area contributed by atoms with Crippen molar-refractivity contribution in [2.75, 3.05) is 5.73 Å². The highest BCUT2D eigenvalue weighted by atomic mass is 79.9. The highest BCUT2D eigenvalue weighted by Gasteiger charge is 2.02. The molecule has 2 N–H and O–H groups in total. The number of rotatable bonds is 2. The Kier molecular flexibility index (Phi) is 3.10. The summed E-state index contributed by atoms with van der Waals surface area (Å²) in [5.41, 5.74) is 7.56. The molecular formula is C12H11BrN2O. The smallest absolute Gasteiger partial charge is 0.219 e. The van der Waals surface area contributed by atoms with Gasteiger partial charge in [-0.1, -0.05) is 6.07 Å². The molecule has 0 unspecified atom stereocenters. The molecule has 4 heteroatoms. The number of aryl methyl sites for hydroxylation is 1. The predicted molar refractivity (Wildman–Crippen MR) is 67.6 cm³/mol. The molecule has 0 fully saturated rings. The summed E-state index contributed by atoms with van der Waals surface area (Å²) < 4.78 is 6.48. The van der Waals surface area contributed by atoms with Crippen LogP contribution in [0.2, 0.25) is 0 Å². The molecule has 0 saturated heterocycles. The Morgan fingerprint density at radius 3 is 2.69 bits per heavy atom. The lowest BCUT2D eigenvalue weighted by Crippen LogP contribution is -1.93. The minimum atomic E-state index is 0.527. The van der Waals surface area contributed by atoms with Crippen LogP contribution < -0.4 is 10.5 Å². The molecule has 2 aromatic rings. The Morgan fingerprint density at radius 2 is 2.06 bits per heavy atom. The lowest BCUT2D eigenvalue weighted by Gasteiger charge is -2.07. The molecule has 1 aromatic heterocycles. The first kappa shape index (κ1) is 11.0. The van der Waals surface area contributed by atoms with Crippen molar-refractivity contribution in [2.24, 2.45) is 0 Å². The molecule has 3 nitrogen and oxygen atoms in total. The number of nitrogen functional groups attached to an aromatic ring is 1. The molecule has 0 atom stereocenters. The maximum Gasteiger partial charge on any atom is 0.219 e. The average Bonchev–Trinajstić information content (AvgIpc) is 2.25. The summed E-state index contributed by atoms with van der Waals surface area (Å²) in [5.74, 6) is 1.15.